The summed E-state index contributed by atoms with van der Waals surface area (Å²) in [6.45, 7) is 6.85. The van der Waals surface area contributed by atoms with E-state index in [4.69, 9.17) is 0 Å². The molecule has 0 spiro atoms. The summed E-state index contributed by atoms with van der Waals surface area (Å²) >= 11 is 0. The quantitative estimate of drug-likeness (QED) is 0.897. The van der Waals surface area contributed by atoms with Crippen molar-refractivity contribution in [2.24, 2.45) is 0 Å². The number of phenols is 1. The van der Waals surface area contributed by atoms with Gasteiger partial charge in [0.05, 0.1) is 0 Å². The molecule has 0 aromatic heterocycles. The number of aromatic hydroxyl groups is 1. The highest BCUT2D eigenvalue weighted by Gasteiger charge is 2.08. The smallest absolute Gasteiger partial charge is 0.121 e. The Balaban J connectivity index is 2.24. The van der Waals surface area contributed by atoms with Crippen molar-refractivity contribution >= 4 is 5.69 Å². The second-order valence-electron chi connectivity index (χ2n) is 5.22. The second kappa shape index (κ2) is 5.35. The average molecular weight is 255 g/mol. The summed E-state index contributed by atoms with van der Waals surface area (Å²) in [6.07, 6.45) is 0. The molecule has 0 unspecified atom stereocenters. The largest absolute Gasteiger partial charge is 0.507 e. The van der Waals surface area contributed by atoms with Crippen LogP contribution in [0.2, 0.25) is 0 Å². The van der Waals surface area contributed by atoms with Crippen LogP contribution in [0.4, 0.5) is 5.69 Å². The maximum Gasteiger partial charge on any atom is 0.121 e. The number of hydrogen-bond donors (Lipinski definition) is 1. The number of benzene rings is 2. The van der Waals surface area contributed by atoms with E-state index in [2.05, 4.69) is 55.3 Å². The first-order valence-corrected chi connectivity index (χ1v) is 6.55. The van der Waals surface area contributed by atoms with Gasteiger partial charge in [-0.25, -0.2) is 0 Å². The summed E-state index contributed by atoms with van der Waals surface area (Å²) in [7, 11) is 2.10. The molecule has 0 aliphatic rings. The molecule has 0 fully saturated rings. The first-order valence-electron chi connectivity index (χ1n) is 6.55. The average Bonchev–Trinajstić information content (AvgIpc) is 2.36. The molecule has 0 radical (unpaired) electrons. The molecule has 2 aromatic carbocycles. The predicted octanol–water partition coefficient (Wildman–Crippen LogP) is 3.95. The van der Waals surface area contributed by atoms with E-state index in [1.165, 1.54) is 16.8 Å². The summed E-state index contributed by atoms with van der Waals surface area (Å²) in [4.78, 5) is 2.24. The fraction of sp³-hybridized carbons (Fsp3) is 0.294. The highest BCUT2D eigenvalue weighted by molar-refractivity contribution is 5.53. The molecule has 0 saturated carbocycles. The van der Waals surface area contributed by atoms with Crippen molar-refractivity contribution in [3.8, 4) is 5.75 Å². The van der Waals surface area contributed by atoms with Crippen LogP contribution in [0.5, 0.6) is 5.75 Å². The Kier molecular flexibility index (Phi) is 3.79. The van der Waals surface area contributed by atoms with E-state index in [1.54, 1.807) is 0 Å². The van der Waals surface area contributed by atoms with E-state index in [0.29, 0.717) is 5.75 Å². The summed E-state index contributed by atoms with van der Waals surface area (Å²) in [5, 5.41) is 9.81. The van der Waals surface area contributed by atoms with E-state index in [0.717, 1.165) is 17.7 Å². The Morgan fingerprint density at radius 3 is 2.11 bits per heavy atom. The van der Waals surface area contributed by atoms with Gasteiger partial charge in [-0.05, 0) is 49.1 Å². The summed E-state index contributed by atoms with van der Waals surface area (Å²) in [6, 6.07) is 12.5. The zero-order valence-corrected chi connectivity index (χ0v) is 12.1. The standard InChI is InChI=1S/C17H21NO/c1-12-7-5-6-8-16(12)18(4)11-15-9-13(2)17(19)14(3)10-15/h5-10,19H,11H2,1-4H3. The summed E-state index contributed by atoms with van der Waals surface area (Å²) in [5.41, 5.74) is 5.61. The lowest BCUT2D eigenvalue weighted by molar-refractivity contribution is 0.466. The lowest BCUT2D eigenvalue weighted by Gasteiger charge is -2.22. The molecule has 0 saturated heterocycles. The van der Waals surface area contributed by atoms with Gasteiger partial charge in [0.1, 0.15) is 5.75 Å². The topological polar surface area (TPSA) is 23.5 Å². The third-order valence-corrected chi connectivity index (χ3v) is 3.50. The molecule has 2 nitrogen and oxygen atoms in total. The van der Waals surface area contributed by atoms with Gasteiger partial charge in [0.15, 0.2) is 0 Å². The normalized spacial score (nSPS) is 10.5. The molecule has 0 amide bonds. The van der Waals surface area contributed by atoms with Crippen molar-refractivity contribution in [2.75, 3.05) is 11.9 Å². The SMILES string of the molecule is Cc1ccccc1N(C)Cc1cc(C)c(O)c(C)c1. The van der Waals surface area contributed by atoms with Gasteiger partial charge in [-0.2, -0.15) is 0 Å². The molecular weight excluding hydrogens is 234 g/mol. The maximum atomic E-state index is 9.81. The van der Waals surface area contributed by atoms with Crippen molar-refractivity contribution in [3.05, 3.63) is 58.7 Å². The van der Waals surface area contributed by atoms with E-state index in [9.17, 15) is 5.11 Å². The minimum Gasteiger partial charge on any atom is -0.507 e. The molecule has 0 atom stereocenters. The van der Waals surface area contributed by atoms with Gasteiger partial charge in [0.2, 0.25) is 0 Å². The van der Waals surface area contributed by atoms with Crippen LogP contribution in [0.3, 0.4) is 0 Å². The Morgan fingerprint density at radius 1 is 0.947 bits per heavy atom. The van der Waals surface area contributed by atoms with Crippen LogP contribution in [0.25, 0.3) is 0 Å². The van der Waals surface area contributed by atoms with Gasteiger partial charge >= 0.3 is 0 Å². The molecule has 2 rings (SSSR count). The Hall–Kier alpha value is -1.96. The molecule has 1 N–H and O–H groups in total. The van der Waals surface area contributed by atoms with Crippen LogP contribution in [0, 0.1) is 20.8 Å². The number of hydrogen-bond acceptors (Lipinski definition) is 2. The van der Waals surface area contributed by atoms with Crippen molar-refractivity contribution in [2.45, 2.75) is 27.3 Å². The fourth-order valence-electron chi connectivity index (χ4n) is 2.49. The van der Waals surface area contributed by atoms with Crippen LogP contribution in [0.15, 0.2) is 36.4 Å². The van der Waals surface area contributed by atoms with Gasteiger partial charge in [-0.3, -0.25) is 0 Å². The van der Waals surface area contributed by atoms with Gasteiger partial charge in [-0.1, -0.05) is 30.3 Å². The Labute approximate surface area is 115 Å². The van der Waals surface area contributed by atoms with Gasteiger partial charge < -0.3 is 10.0 Å². The number of rotatable bonds is 3. The second-order valence-corrected chi connectivity index (χ2v) is 5.22. The number of phenolic OH excluding ortho intramolecular Hbond substituents is 1. The molecule has 0 heterocycles. The van der Waals surface area contributed by atoms with Crippen molar-refractivity contribution in [3.63, 3.8) is 0 Å². The molecule has 19 heavy (non-hydrogen) atoms. The lowest BCUT2D eigenvalue weighted by atomic mass is 10.0. The van der Waals surface area contributed by atoms with Crippen molar-refractivity contribution in [1.29, 1.82) is 0 Å². The van der Waals surface area contributed by atoms with Gasteiger partial charge in [-0.15, -0.1) is 0 Å². The highest BCUT2D eigenvalue weighted by Crippen LogP contribution is 2.25. The van der Waals surface area contributed by atoms with Gasteiger partial charge in [0.25, 0.3) is 0 Å². The zero-order chi connectivity index (χ0) is 14.0. The molecular formula is C17H21NO. The van der Waals surface area contributed by atoms with Gasteiger partial charge in [0, 0.05) is 19.3 Å². The van der Waals surface area contributed by atoms with E-state index >= 15 is 0 Å². The molecule has 2 aromatic rings. The van der Waals surface area contributed by atoms with Crippen LogP contribution in [0.1, 0.15) is 22.3 Å². The van der Waals surface area contributed by atoms with Crippen LogP contribution >= 0.6 is 0 Å². The minimum atomic E-state index is 0.405. The fourth-order valence-corrected chi connectivity index (χ4v) is 2.49. The van der Waals surface area contributed by atoms with Crippen molar-refractivity contribution in [1.82, 2.24) is 0 Å². The van der Waals surface area contributed by atoms with Crippen molar-refractivity contribution < 1.29 is 5.11 Å². The van der Waals surface area contributed by atoms with Crippen LogP contribution in [-0.2, 0) is 6.54 Å². The third kappa shape index (κ3) is 2.90. The monoisotopic (exact) mass is 255 g/mol. The van der Waals surface area contributed by atoms with E-state index in [-0.39, 0.29) is 0 Å². The first-order chi connectivity index (χ1) is 8.99. The molecule has 2 heteroatoms. The molecule has 0 aliphatic heterocycles. The van der Waals surface area contributed by atoms with Crippen LogP contribution < -0.4 is 4.90 Å². The molecule has 100 valence electrons. The Morgan fingerprint density at radius 2 is 1.53 bits per heavy atom. The summed E-state index contributed by atoms with van der Waals surface area (Å²) in [5.74, 6) is 0.405. The van der Waals surface area contributed by atoms with E-state index < -0.39 is 0 Å². The Bertz CT molecular complexity index is 567. The lowest BCUT2D eigenvalue weighted by Crippen LogP contribution is -2.17. The van der Waals surface area contributed by atoms with Crippen LogP contribution in [-0.4, -0.2) is 12.2 Å². The van der Waals surface area contributed by atoms with E-state index in [1.807, 2.05) is 13.8 Å². The molecule has 0 bridgehead atoms. The number of para-hydroxylation sites is 1. The number of aryl methyl sites for hydroxylation is 3. The maximum absolute atomic E-state index is 9.81. The zero-order valence-electron chi connectivity index (χ0n) is 12.1. The highest BCUT2D eigenvalue weighted by atomic mass is 16.3. The predicted molar refractivity (Wildman–Crippen MR) is 80.9 cm³/mol. The first kappa shape index (κ1) is 13.5. The third-order valence-electron chi connectivity index (χ3n) is 3.50. The number of anilines is 1. The summed E-state index contributed by atoms with van der Waals surface area (Å²) < 4.78 is 0. The minimum absolute atomic E-state index is 0.405. The number of nitrogens with zero attached hydrogens (tertiary/aromatic N) is 1. The molecule has 0 aliphatic carbocycles.